The molecule has 0 amide bonds. The number of likely N-dealkylation sites (tertiary alicyclic amines) is 1. The van der Waals surface area contributed by atoms with E-state index in [4.69, 9.17) is 5.84 Å². The number of likely N-dealkylation sites (N-methyl/N-ethyl adjacent to an activating group) is 2. The molecule has 5 nitrogen and oxygen atoms in total. The highest BCUT2D eigenvalue weighted by atomic mass is 15.4. The molecule has 0 radical (unpaired) electrons. The quantitative estimate of drug-likeness (QED) is 0.245. The molecule has 1 unspecified atom stereocenters. The Kier molecular flexibility index (Phi) is 7.05. The predicted molar refractivity (Wildman–Crippen MR) is 77.4 cm³/mol. The van der Waals surface area contributed by atoms with E-state index in [1.54, 1.807) is 0 Å². The molecule has 1 heterocycles. The Balaban J connectivity index is 2.45. The standard InChI is InChI=1S/C13H29N5/c1-4-6-9-15-13(16-14)17(3)11-12-8-7-10-18(12)5-2/h12H,4-11,14H2,1-3H3,(H,15,16). The maximum Gasteiger partial charge on any atom is 0.208 e. The highest BCUT2D eigenvalue weighted by Gasteiger charge is 2.24. The molecule has 1 atom stereocenters. The number of nitrogens with two attached hydrogens (primary N) is 1. The summed E-state index contributed by atoms with van der Waals surface area (Å²) < 4.78 is 0. The van der Waals surface area contributed by atoms with E-state index in [9.17, 15) is 0 Å². The maximum absolute atomic E-state index is 5.56. The maximum atomic E-state index is 5.56. The van der Waals surface area contributed by atoms with Gasteiger partial charge in [0.25, 0.3) is 0 Å². The smallest absolute Gasteiger partial charge is 0.208 e. The van der Waals surface area contributed by atoms with Crippen molar-refractivity contribution in [3.63, 3.8) is 0 Å². The first-order valence-corrected chi connectivity index (χ1v) is 7.19. The van der Waals surface area contributed by atoms with Gasteiger partial charge in [0.2, 0.25) is 5.96 Å². The summed E-state index contributed by atoms with van der Waals surface area (Å²) in [5.41, 5.74) is 2.72. The number of hydrogen-bond acceptors (Lipinski definition) is 3. The molecule has 3 N–H and O–H groups in total. The average Bonchev–Trinajstić information content (AvgIpc) is 2.81. The summed E-state index contributed by atoms with van der Waals surface area (Å²) in [6.07, 6.45) is 4.87. The van der Waals surface area contributed by atoms with Gasteiger partial charge in [-0.15, -0.1) is 0 Å². The molecule has 1 saturated heterocycles. The first kappa shape index (κ1) is 15.2. The molecule has 0 bridgehead atoms. The van der Waals surface area contributed by atoms with Crippen LogP contribution in [0.4, 0.5) is 0 Å². The highest BCUT2D eigenvalue weighted by Crippen LogP contribution is 2.17. The molecular formula is C13H29N5. The van der Waals surface area contributed by atoms with Crippen LogP contribution >= 0.6 is 0 Å². The lowest BCUT2D eigenvalue weighted by Crippen LogP contribution is -2.48. The normalized spacial score (nSPS) is 21.3. The van der Waals surface area contributed by atoms with Gasteiger partial charge in [-0.05, 0) is 32.4 Å². The second-order valence-electron chi connectivity index (χ2n) is 5.01. The van der Waals surface area contributed by atoms with Crippen molar-refractivity contribution in [1.82, 2.24) is 15.2 Å². The molecule has 0 spiro atoms. The summed E-state index contributed by atoms with van der Waals surface area (Å²) in [5.74, 6) is 6.37. The van der Waals surface area contributed by atoms with Crippen molar-refractivity contribution in [1.29, 1.82) is 0 Å². The van der Waals surface area contributed by atoms with Gasteiger partial charge in [-0.1, -0.05) is 20.3 Å². The highest BCUT2D eigenvalue weighted by molar-refractivity contribution is 5.79. The molecule has 5 heteroatoms. The molecule has 0 aromatic rings. The van der Waals surface area contributed by atoms with Crippen molar-refractivity contribution >= 4 is 5.96 Å². The molecular weight excluding hydrogens is 226 g/mol. The molecule has 0 aliphatic carbocycles. The number of nitrogens with one attached hydrogen (secondary N) is 1. The van der Waals surface area contributed by atoms with Crippen LogP contribution in [0.5, 0.6) is 0 Å². The number of unbranched alkanes of at least 4 members (excludes halogenated alkanes) is 1. The van der Waals surface area contributed by atoms with Crippen molar-refractivity contribution in [2.45, 2.75) is 45.6 Å². The number of hydrogen-bond donors (Lipinski definition) is 2. The first-order valence-electron chi connectivity index (χ1n) is 7.19. The lowest BCUT2D eigenvalue weighted by molar-refractivity contribution is 0.232. The van der Waals surface area contributed by atoms with E-state index in [1.807, 2.05) is 0 Å². The Hall–Kier alpha value is -0.810. The number of rotatable bonds is 6. The SMILES string of the molecule is CCCCN=C(NN)N(C)CC1CCCN1CC. The third-order valence-corrected chi connectivity index (χ3v) is 3.65. The Morgan fingerprint density at radius 2 is 2.28 bits per heavy atom. The summed E-state index contributed by atoms with van der Waals surface area (Å²) in [6.45, 7) is 8.62. The van der Waals surface area contributed by atoms with Gasteiger partial charge in [0.05, 0.1) is 0 Å². The van der Waals surface area contributed by atoms with Gasteiger partial charge in [-0.3, -0.25) is 15.3 Å². The topological polar surface area (TPSA) is 56.9 Å². The van der Waals surface area contributed by atoms with Crippen LogP contribution in [0.3, 0.4) is 0 Å². The number of nitrogens with zero attached hydrogens (tertiary/aromatic N) is 3. The van der Waals surface area contributed by atoms with E-state index in [0.29, 0.717) is 6.04 Å². The van der Waals surface area contributed by atoms with Gasteiger partial charge >= 0.3 is 0 Å². The van der Waals surface area contributed by atoms with Gasteiger partial charge < -0.3 is 4.90 Å². The lowest BCUT2D eigenvalue weighted by Gasteiger charge is -2.29. The van der Waals surface area contributed by atoms with Gasteiger partial charge in [-0.25, -0.2) is 5.84 Å². The molecule has 1 fully saturated rings. The van der Waals surface area contributed by atoms with Crippen molar-refractivity contribution < 1.29 is 0 Å². The van der Waals surface area contributed by atoms with Crippen molar-refractivity contribution in [2.24, 2.45) is 10.8 Å². The second kappa shape index (κ2) is 8.32. The molecule has 0 aromatic heterocycles. The van der Waals surface area contributed by atoms with Crippen LogP contribution in [0, 0.1) is 0 Å². The first-order chi connectivity index (χ1) is 8.72. The Morgan fingerprint density at radius 1 is 1.50 bits per heavy atom. The largest absolute Gasteiger partial charge is 0.343 e. The zero-order chi connectivity index (χ0) is 13.4. The molecule has 0 saturated carbocycles. The van der Waals surface area contributed by atoms with Crippen LogP contribution in [0.25, 0.3) is 0 Å². The minimum Gasteiger partial charge on any atom is -0.343 e. The van der Waals surface area contributed by atoms with Crippen molar-refractivity contribution in [2.75, 3.05) is 33.2 Å². The van der Waals surface area contributed by atoms with Gasteiger partial charge in [0.1, 0.15) is 0 Å². The molecule has 106 valence electrons. The minimum absolute atomic E-state index is 0.643. The van der Waals surface area contributed by atoms with E-state index >= 15 is 0 Å². The molecule has 1 aliphatic heterocycles. The van der Waals surface area contributed by atoms with E-state index in [-0.39, 0.29) is 0 Å². The molecule has 1 rings (SSSR count). The van der Waals surface area contributed by atoms with Crippen LogP contribution in [-0.4, -0.2) is 55.0 Å². The third kappa shape index (κ3) is 4.46. The summed E-state index contributed by atoms with van der Waals surface area (Å²) >= 11 is 0. The van der Waals surface area contributed by atoms with Crippen molar-refractivity contribution in [3.05, 3.63) is 0 Å². The summed E-state index contributed by atoms with van der Waals surface area (Å²) in [7, 11) is 2.07. The minimum atomic E-state index is 0.643. The average molecular weight is 255 g/mol. The summed E-state index contributed by atoms with van der Waals surface area (Å²) in [6, 6.07) is 0.643. The zero-order valence-electron chi connectivity index (χ0n) is 12.2. The van der Waals surface area contributed by atoms with Crippen LogP contribution in [0.1, 0.15) is 39.5 Å². The van der Waals surface area contributed by atoms with E-state index in [1.165, 1.54) is 19.4 Å². The molecule has 1 aliphatic rings. The van der Waals surface area contributed by atoms with Gasteiger partial charge in [0.15, 0.2) is 0 Å². The fourth-order valence-corrected chi connectivity index (χ4v) is 2.54. The van der Waals surface area contributed by atoms with Crippen molar-refractivity contribution in [3.8, 4) is 0 Å². The van der Waals surface area contributed by atoms with Crippen LogP contribution in [-0.2, 0) is 0 Å². The number of aliphatic imine (C=N–C) groups is 1. The summed E-state index contributed by atoms with van der Waals surface area (Å²) in [4.78, 5) is 9.20. The fourth-order valence-electron chi connectivity index (χ4n) is 2.54. The number of guanidine groups is 1. The van der Waals surface area contributed by atoms with Gasteiger partial charge in [-0.2, -0.15) is 0 Å². The summed E-state index contributed by atoms with van der Waals surface area (Å²) in [5, 5.41) is 0. The Labute approximate surface area is 111 Å². The van der Waals surface area contributed by atoms with Crippen LogP contribution < -0.4 is 11.3 Å². The lowest BCUT2D eigenvalue weighted by atomic mass is 10.2. The van der Waals surface area contributed by atoms with Gasteiger partial charge in [0, 0.05) is 26.2 Å². The molecule has 18 heavy (non-hydrogen) atoms. The Bertz CT molecular complexity index is 254. The van der Waals surface area contributed by atoms with E-state index < -0.39 is 0 Å². The van der Waals surface area contributed by atoms with Crippen LogP contribution in [0.15, 0.2) is 4.99 Å². The number of hydrazine groups is 1. The fraction of sp³-hybridized carbons (Fsp3) is 0.923. The van der Waals surface area contributed by atoms with E-state index in [2.05, 4.69) is 41.1 Å². The molecule has 0 aromatic carbocycles. The Morgan fingerprint density at radius 3 is 2.89 bits per heavy atom. The van der Waals surface area contributed by atoms with E-state index in [0.717, 1.165) is 38.4 Å². The second-order valence-corrected chi connectivity index (χ2v) is 5.01. The predicted octanol–water partition coefficient (Wildman–Crippen LogP) is 1.02. The van der Waals surface area contributed by atoms with Crippen LogP contribution in [0.2, 0.25) is 0 Å². The third-order valence-electron chi connectivity index (χ3n) is 3.65. The monoisotopic (exact) mass is 255 g/mol. The zero-order valence-corrected chi connectivity index (χ0v) is 12.2.